The number of imidazole rings is 1. The molecule has 0 spiro atoms. The highest BCUT2D eigenvalue weighted by Crippen LogP contribution is 2.28. The van der Waals surface area contributed by atoms with Gasteiger partial charge >= 0.3 is 12.6 Å². The van der Waals surface area contributed by atoms with Crippen molar-refractivity contribution in [3.05, 3.63) is 72.2 Å². The van der Waals surface area contributed by atoms with Gasteiger partial charge in [0.15, 0.2) is 11.5 Å². The van der Waals surface area contributed by atoms with Crippen LogP contribution in [0.15, 0.2) is 61.1 Å². The van der Waals surface area contributed by atoms with Gasteiger partial charge in [-0.1, -0.05) is 0 Å². The van der Waals surface area contributed by atoms with Crippen molar-refractivity contribution < 1.29 is 32.6 Å². The Morgan fingerprint density at radius 1 is 1.02 bits per heavy atom. The lowest BCUT2D eigenvalue weighted by atomic mass is 10.1. The summed E-state index contributed by atoms with van der Waals surface area (Å²) in [6, 6.07) is 10.7. The molecule has 230 valence electrons. The predicted molar refractivity (Wildman–Crippen MR) is 157 cm³/mol. The van der Waals surface area contributed by atoms with E-state index in [1.165, 1.54) is 19.2 Å². The van der Waals surface area contributed by atoms with Crippen LogP contribution in [0.1, 0.15) is 22.3 Å². The van der Waals surface area contributed by atoms with Gasteiger partial charge in [-0.2, -0.15) is 8.78 Å². The quantitative estimate of drug-likeness (QED) is 0.274. The number of carbonyl (C=O) groups is 3. The number of esters is 1. The van der Waals surface area contributed by atoms with Crippen LogP contribution in [-0.2, 0) is 14.3 Å². The number of hydrogen-bond donors (Lipinski definition) is 2. The zero-order chi connectivity index (χ0) is 31.4. The van der Waals surface area contributed by atoms with E-state index in [0.29, 0.717) is 48.9 Å². The molecule has 14 heteroatoms. The van der Waals surface area contributed by atoms with Crippen molar-refractivity contribution in [2.45, 2.75) is 26.0 Å². The van der Waals surface area contributed by atoms with E-state index in [4.69, 9.17) is 5.73 Å². The van der Waals surface area contributed by atoms with Crippen LogP contribution < -0.4 is 15.8 Å². The summed E-state index contributed by atoms with van der Waals surface area (Å²) in [7, 11) is 1.24. The number of piperazine rings is 1. The number of anilines is 2. The molecular weight excluding hydrogens is 576 g/mol. The molecule has 2 aromatic carbocycles. The maximum Gasteiger partial charge on any atom is 0.387 e. The number of nitrogens with zero attached hydrogens (tertiary/aromatic N) is 5. The highest BCUT2D eigenvalue weighted by atomic mass is 19.3. The number of methoxy groups -OCH3 is 1. The van der Waals surface area contributed by atoms with Gasteiger partial charge in [0.05, 0.1) is 31.5 Å². The van der Waals surface area contributed by atoms with Crippen LogP contribution >= 0.6 is 0 Å². The lowest BCUT2D eigenvalue weighted by Gasteiger charge is -2.36. The van der Waals surface area contributed by atoms with E-state index in [-0.39, 0.29) is 24.0 Å². The number of ether oxygens (including phenoxy) is 2. The standard InChI is InChI=1S/C30H31F2N7O5/c1-18-15-20(5-8-22(18)28(41)37-11-13-38(14-12-37)29(42)23(33)16-25(40)43-2)36-26-27-35-17-24(39(27)10-9-34-26)19-3-6-21(7-4-19)44-30(31)32/h3-10,15,17,23,30H,11-14,16,33H2,1-2H3,(H,34,36)/t23-/m0/s1. The largest absolute Gasteiger partial charge is 0.469 e. The number of benzene rings is 2. The van der Waals surface area contributed by atoms with Gasteiger partial charge in [-0.15, -0.1) is 0 Å². The Morgan fingerprint density at radius 2 is 1.73 bits per heavy atom. The van der Waals surface area contributed by atoms with Crippen LogP contribution in [0.3, 0.4) is 0 Å². The number of nitrogens with one attached hydrogen (secondary N) is 1. The maximum absolute atomic E-state index is 13.3. The van der Waals surface area contributed by atoms with E-state index in [9.17, 15) is 23.2 Å². The summed E-state index contributed by atoms with van der Waals surface area (Å²) in [6.45, 7) is 0.246. The lowest BCUT2D eigenvalue weighted by Crippen LogP contribution is -2.54. The summed E-state index contributed by atoms with van der Waals surface area (Å²) < 4.78 is 35.8. The van der Waals surface area contributed by atoms with Gasteiger partial charge in [-0.05, 0) is 55.0 Å². The molecule has 0 radical (unpaired) electrons. The van der Waals surface area contributed by atoms with E-state index in [2.05, 4.69) is 24.8 Å². The maximum atomic E-state index is 13.3. The molecule has 12 nitrogen and oxygen atoms in total. The first-order valence-electron chi connectivity index (χ1n) is 13.8. The fourth-order valence-corrected chi connectivity index (χ4v) is 5.03. The second kappa shape index (κ2) is 13.0. The number of alkyl halides is 2. The van der Waals surface area contributed by atoms with Gasteiger partial charge in [0.25, 0.3) is 5.91 Å². The SMILES string of the molecule is COC(=O)C[C@H](N)C(=O)N1CCN(C(=O)c2ccc(Nc3nccn4c(-c5ccc(OC(F)F)cc5)cnc34)cc2C)CC1. The van der Waals surface area contributed by atoms with E-state index in [1.807, 2.05) is 17.4 Å². The molecule has 1 saturated heterocycles. The number of fused-ring (bicyclic) bond motifs is 1. The Balaban J connectivity index is 1.24. The fraction of sp³-hybridized carbons (Fsp3) is 0.300. The third kappa shape index (κ3) is 6.59. The first-order chi connectivity index (χ1) is 21.1. The lowest BCUT2D eigenvalue weighted by molar-refractivity contribution is -0.144. The number of nitrogens with two attached hydrogens (primary N) is 1. The molecule has 0 bridgehead atoms. The van der Waals surface area contributed by atoms with Crippen molar-refractivity contribution in [3.63, 3.8) is 0 Å². The van der Waals surface area contributed by atoms with Crippen LogP contribution in [0.2, 0.25) is 0 Å². The molecule has 1 aliphatic rings. The summed E-state index contributed by atoms with van der Waals surface area (Å²) in [4.78, 5) is 49.5. The number of amides is 2. The Labute approximate surface area is 251 Å². The minimum absolute atomic E-state index is 0.0634. The predicted octanol–water partition coefficient (Wildman–Crippen LogP) is 3.22. The van der Waals surface area contributed by atoms with E-state index >= 15 is 0 Å². The summed E-state index contributed by atoms with van der Waals surface area (Å²) in [5.74, 6) is -0.500. The number of aromatic nitrogens is 3. The Morgan fingerprint density at radius 3 is 2.39 bits per heavy atom. The van der Waals surface area contributed by atoms with Crippen molar-refractivity contribution >= 4 is 34.9 Å². The van der Waals surface area contributed by atoms with Crippen LogP contribution in [0.25, 0.3) is 16.9 Å². The number of hydrogen-bond acceptors (Lipinski definition) is 9. The third-order valence-electron chi connectivity index (χ3n) is 7.33. The molecule has 2 amide bonds. The highest BCUT2D eigenvalue weighted by Gasteiger charge is 2.29. The normalized spacial score (nSPS) is 14.0. The van der Waals surface area contributed by atoms with Crippen LogP contribution in [-0.4, -0.2) is 87.9 Å². The molecule has 44 heavy (non-hydrogen) atoms. The molecule has 0 unspecified atom stereocenters. The molecule has 1 atom stereocenters. The van der Waals surface area contributed by atoms with Gasteiger partial charge in [-0.3, -0.25) is 18.8 Å². The van der Waals surface area contributed by atoms with Crippen LogP contribution in [0.5, 0.6) is 5.75 Å². The summed E-state index contributed by atoms with van der Waals surface area (Å²) in [5, 5.41) is 3.26. The first kappa shape index (κ1) is 30.4. The minimum Gasteiger partial charge on any atom is -0.469 e. The second-order valence-corrected chi connectivity index (χ2v) is 10.2. The Bertz CT molecular complexity index is 1670. The van der Waals surface area contributed by atoms with Gasteiger partial charge in [-0.25, -0.2) is 9.97 Å². The molecular formula is C30H31F2N7O5. The monoisotopic (exact) mass is 607 g/mol. The average molecular weight is 608 g/mol. The van der Waals surface area contributed by atoms with E-state index in [1.54, 1.807) is 52.7 Å². The van der Waals surface area contributed by atoms with Crippen LogP contribution in [0.4, 0.5) is 20.3 Å². The van der Waals surface area contributed by atoms with E-state index < -0.39 is 18.6 Å². The molecule has 3 heterocycles. The highest BCUT2D eigenvalue weighted by molar-refractivity contribution is 5.96. The third-order valence-corrected chi connectivity index (χ3v) is 7.33. The molecule has 0 aliphatic carbocycles. The Kier molecular flexibility index (Phi) is 8.99. The number of aryl methyl sites for hydroxylation is 1. The zero-order valence-corrected chi connectivity index (χ0v) is 24.1. The molecule has 2 aromatic heterocycles. The molecule has 1 aliphatic heterocycles. The van der Waals surface area contributed by atoms with Crippen LogP contribution in [0, 0.1) is 6.92 Å². The zero-order valence-electron chi connectivity index (χ0n) is 24.1. The second-order valence-electron chi connectivity index (χ2n) is 10.2. The van der Waals surface area contributed by atoms with Gasteiger partial charge in [0.1, 0.15) is 5.75 Å². The van der Waals surface area contributed by atoms with Gasteiger partial charge in [0.2, 0.25) is 5.91 Å². The van der Waals surface area contributed by atoms with Crippen molar-refractivity contribution in [1.82, 2.24) is 24.2 Å². The Hall–Kier alpha value is -5.11. The first-order valence-corrected chi connectivity index (χ1v) is 13.8. The van der Waals surface area contributed by atoms with Gasteiger partial charge in [0, 0.05) is 55.4 Å². The molecule has 3 N–H and O–H groups in total. The van der Waals surface area contributed by atoms with Crippen molar-refractivity contribution in [3.8, 4) is 17.0 Å². The minimum atomic E-state index is -2.90. The van der Waals surface area contributed by atoms with E-state index in [0.717, 1.165) is 16.8 Å². The molecule has 0 saturated carbocycles. The smallest absolute Gasteiger partial charge is 0.387 e. The van der Waals surface area contributed by atoms with Crippen molar-refractivity contribution in [2.75, 3.05) is 38.6 Å². The topological polar surface area (TPSA) is 144 Å². The fourth-order valence-electron chi connectivity index (χ4n) is 5.03. The molecule has 1 fully saturated rings. The van der Waals surface area contributed by atoms with Gasteiger partial charge < -0.3 is 30.3 Å². The number of carbonyl (C=O) groups excluding carboxylic acids is 3. The summed E-state index contributed by atoms with van der Waals surface area (Å²) >= 11 is 0. The summed E-state index contributed by atoms with van der Waals surface area (Å²) in [6.07, 6.45) is 4.83. The average Bonchev–Trinajstić information content (AvgIpc) is 3.46. The van der Waals surface area contributed by atoms with Crippen molar-refractivity contribution in [2.24, 2.45) is 5.73 Å². The molecule has 5 rings (SSSR count). The number of halogens is 2. The molecule has 4 aromatic rings. The summed E-state index contributed by atoms with van der Waals surface area (Å²) in [5.41, 5.74) is 9.88. The number of rotatable bonds is 9. The van der Waals surface area contributed by atoms with Crippen molar-refractivity contribution in [1.29, 1.82) is 0 Å².